The van der Waals surface area contributed by atoms with E-state index in [0.717, 1.165) is 24.2 Å². The fourth-order valence-electron chi connectivity index (χ4n) is 3.22. The van der Waals surface area contributed by atoms with Crippen molar-refractivity contribution in [1.82, 2.24) is 15.5 Å². The molecule has 3 rings (SSSR count). The average molecular weight is 277 g/mol. The van der Waals surface area contributed by atoms with E-state index in [1.165, 1.54) is 57.8 Å². The monoisotopic (exact) mass is 277 g/mol. The van der Waals surface area contributed by atoms with Gasteiger partial charge in [-0.05, 0) is 44.4 Å². The number of unbranched alkanes of at least 4 members (excludes halogenated alkanes) is 1. The minimum absolute atomic E-state index is 0.509. The molecule has 0 bridgehead atoms. The van der Waals surface area contributed by atoms with Crippen LogP contribution in [-0.2, 0) is 6.54 Å². The fourth-order valence-corrected chi connectivity index (χ4v) is 3.22. The van der Waals surface area contributed by atoms with Gasteiger partial charge >= 0.3 is 0 Å². The number of hydrogen-bond donors (Lipinski definition) is 1. The first kappa shape index (κ1) is 14.1. The second-order valence-corrected chi connectivity index (χ2v) is 6.56. The van der Waals surface area contributed by atoms with Gasteiger partial charge in [-0.25, -0.2) is 0 Å². The van der Waals surface area contributed by atoms with Crippen LogP contribution in [0.3, 0.4) is 0 Å². The van der Waals surface area contributed by atoms with Crippen LogP contribution in [0.2, 0.25) is 0 Å². The van der Waals surface area contributed by atoms with Crippen molar-refractivity contribution >= 4 is 0 Å². The van der Waals surface area contributed by atoms with Crippen molar-refractivity contribution in [1.29, 1.82) is 0 Å². The molecule has 112 valence electrons. The zero-order valence-electron chi connectivity index (χ0n) is 12.6. The highest BCUT2D eigenvalue weighted by Gasteiger charge is 2.26. The molecule has 1 aromatic rings. The lowest BCUT2D eigenvalue weighted by Gasteiger charge is -2.26. The van der Waals surface area contributed by atoms with Crippen LogP contribution in [0.15, 0.2) is 4.52 Å². The van der Waals surface area contributed by atoms with Crippen LogP contribution in [0.5, 0.6) is 0 Å². The minimum Gasteiger partial charge on any atom is -0.339 e. The summed E-state index contributed by atoms with van der Waals surface area (Å²) in [5, 5.41) is 7.55. The first-order valence-electron chi connectivity index (χ1n) is 8.41. The Balaban J connectivity index is 1.45. The molecule has 0 radical (unpaired) electrons. The molecule has 0 amide bonds. The zero-order valence-corrected chi connectivity index (χ0v) is 12.6. The van der Waals surface area contributed by atoms with Crippen molar-refractivity contribution < 1.29 is 4.52 Å². The third kappa shape index (κ3) is 3.81. The van der Waals surface area contributed by atoms with E-state index < -0.39 is 0 Å². The van der Waals surface area contributed by atoms with Gasteiger partial charge in [-0.1, -0.05) is 31.3 Å². The van der Waals surface area contributed by atoms with E-state index >= 15 is 0 Å². The van der Waals surface area contributed by atoms with E-state index in [-0.39, 0.29) is 0 Å². The van der Waals surface area contributed by atoms with E-state index in [0.29, 0.717) is 12.0 Å². The minimum atomic E-state index is 0.509. The number of aromatic nitrogens is 2. The molecule has 0 aromatic carbocycles. The molecule has 1 N–H and O–H groups in total. The van der Waals surface area contributed by atoms with E-state index in [4.69, 9.17) is 4.52 Å². The maximum atomic E-state index is 5.47. The zero-order chi connectivity index (χ0) is 13.8. The third-order valence-corrected chi connectivity index (χ3v) is 4.77. The molecule has 2 aliphatic carbocycles. The van der Waals surface area contributed by atoms with Gasteiger partial charge in [0.25, 0.3) is 0 Å². The molecule has 2 fully saturated rings. The predicted octanol–water partition coefficient (Wildman–Crippen LogP) is 3.79. The Morgan fingerprint density at radius 3 is 2.65 bits per heavy atom. The number of rotatable bonds is 7. The lowest BCUT2D eigenvalue weighted by atomic mass is 9.80. The van der Waals surface area contributed by atoms with Gasteiger partial charge in [-0.2, -0.15) is 4.98 Å². The average Bonchev–Trinajstić information content (AvgIpc) is 3.20. The van der Waals surface area contributed by atoms with Crippen molar-refractivity contribution in [3.8, 4) is 0 Å². The molecule has 0 saturated heterocycles. The Kier molecular flexibility index (Phi) is 4.71. The summed E-state index contributed by atoms with van der Waals surface area (Å²) >= 11 is 0. The molecule has 20 heavy (non-hydrogen) atoms. The summed E-state index contributed by atoms with van der Waals surface area (Å²) in [6.45, 7) is 3.04. The van der Waals surface area contributed by atoms with Crippen molar-refractivity contribution in [2.24, 2.45) is 5.92 Å². The topological polar surface area (TPSA) is 51.0 Å². The fraction of sp³-hybridized carbons (Fsp3) is 0.875. The molecule has 4 heteroatoms. The van der Waals surface area contributed by atoms with Gasteiger partial charge in [0.15, 0.2) is 5.82 Å². The molecule has 2 saturated carbocycles. The van der Waals surface area contributed by atoms with Crippen LogP contribution < -0.4 is 5.32 Å². The Bertz CT molecular complexity index is 406. The second-order valence-electron chi connectivity index (χ2n) is 6.56. The molecule has 1 heterocycles. The van der Waals surface area contributed by atoms with E-state index in [9.17, 15) is 0 Å². The van der Waals surface area contributed by atoms with Gasteiger partial charge < -0.3 is 9.84 Å². The normalized spacial score (nSPS) is 26.9. The van der Waals surface area contributed by atoms with Crippen LogP contribution in [0.1, 0.15) is 82.3 Å². The van der Waals surface area contributed by atoms with Crippen LogP contribution in [-0.4, -0.2) is 16.2 Å². The molecule has 2 aliphatic rings. The van der Waals surface area contributed by atoms with Gasteiger partial charge in [-0.3, -0.25) is 0 Å². The number of nitrogens with one attached hydrogen (secondary N) is 1. The Hall–Kier alpha value is -0.900. The van der Waals surface area contributed by atoms with E-state index in [1.54, 1.807) is 0 Å². The van der Waals surface area contributed by atoms with Crippen LogP contribution in [0.4, 0.5) is 0 Å². The van der Waals surface area contributed by atoms with Crippen LogP contribution in [0, 0.1) is 5.92 Å². The summed E-state index contributed by atoms with van der Waals surface area (Å²) in [5.74, 6) is 3.16. The van der Waals surface area contributed by atoms with Gasteiger partial charge in [0.1, 0.15) is 0 Å². The van der Waals surface area contributed by atoms with Crippen molar-refractivity contribution in [2.75, 3.05) is 0 Å². The number of nitrogens with zero attached hydrogens (tertiary/aromatic N) is 2. The van der Waals surface area contributed by atoms with Gasteiger partial charge in [0.05, 0.1) is 6.54 Å². The van der Waals surface area contributed by atoms with Crippen molar-refractivity contribution in [3.05, 3.63) is 11.7 Å². The largest absolute Gasteiger partial charge is 0.339 e. The third-order valence-electron chi connectivity index (χ3n) is 4.77. The second kappa shape index (κ2) is 6.70. The lowest BCUT2D eigenvalue weighted by Crippen LogP contribution is -2.16. The summed E-state index contributed by atoms with van der Waals surface area (Å²) in [4.78, 5) is 4.58. The summed E-state index contributed by atoms with van der Waals surface area (Å²) in [6.07, 6.45) is 11.8. The predicted molar refractivity (Wildman–Crippen MR) is 78.4 cm³/mol. The highest BCUT2D eigenvalue weighted by Crippen LogP contribution is 2.37. The molecule has 0 unspecified atom stereocenters. The summed E-state index contributed by atoms with van der Waals surface area (Å²) in [6, 6.07) is 0.700. The maximum Gasteiger partial charge on any atom is 0.229 e. The van der Waals surface area contributed by atoms with Crippen molar-refractivity contribution in [2.45, 2.75) is 83.2 Å². The van der Waals surface area contributed by atoms with Gasteiger partial charge in [-0.15, -0.1) is 0 Å². The Morgan fingerprint density at radius 1 is 1.15 bits per heavy atom. The highest BCUT2D eigenvalue weighted by molar-refractivity contribution is 4.97. The Morgan fingerprint density at radius 2 is 1.95 bits per heavy atom. The molecular weight excluding hydrogens is 250 g/mol. The quantitative estimate of drug-likeness (QED) is 0.824. The maximum absolute atomic E-state index is 5.47. The van der Waals surface area contributed by atoms with E-state index in [2.05, 4.69) is 22.4 Å². The molecule has 0 atom stereocenters. The van der Waals surface area contributed by atoms with Gasteiger partial charge in [0.2, 0.25) is 5.89 Å². The highest BCUT2D eigenvalue weighted by atomic mass is 16.5. The molecular formula is C16H27N3O. The summed E-state index contributed by atoms with van der Waals surface area (Å²) in [7, 11) is 0. The molecule has 4 nitrogen and oxygen atoms in total. The SMILES string of the molecule is CCCCC1CCC(c2nc(CNC3CC3)no2)CC1. The molecule has 0 aliphatic heterocycles. The molecule has 1 aromatic heterocycles. The summed E-state index contributed by atoms with van der Waals surface area (Å²) < 4.78 is 5.47. The first-order chi connectivity index (χ1) is 9.85. The van der Waals surface area contributed by atoms with E-state index in [1.807, 2.05) is 0 Å². The van der Waals surface area contributed by atoms with Crippen LogP contribution in [0.25, 0.3) is 0 Å². The molecule has 0 spiro atoms. The van der Waals surface area contributed by atoms with Crippen LogP contribution >= 0.6 is 0 Å². The lowest BCUT2D eigenvalue weighted by molar-refractivity contribution is 0.260. The first-order valence-corrected chi connectivity index (χ1v) is 8.41. The van der Waals surface area contributed by atoms with Gasteiger partial charge in [0, 0.05) is 12.0 Å². The van der Waals surface area contributed by atoms with Crippen molar-refractivity contribution in [3.63, 3.8) is 0 Å². The Labute approximate surface area is 121 Å². The smallest absolute Gasteiger partial charge is 0.229 e. The summed E-state index contributed by atoms with van der Waals surface area (Å²) in [5.41, 5.74) is 0. The standard InChI is InChI=1S/C16H27N3O/c1-2-3-4-12-5-7-13(8-6-12)16-18-15(19-20-16)11-17-14-9-10-14/h12-14,17H,2-11H2,1H3. The number of hydrogen-bond acceptors (Lipinski definition) is 4.